The van der Waals surface area contributed by atoms with Gasteiger partial charge in [-0.2, -0.15) is 0 Å². The van der Waals surface area contributed by atoms with E-state index in [0.29, 0.717) is 24.5 Å². The molecule has 1 amide bonds. The first-order valence-corrected chi connectivity index (χ1v) is 5.37. The number of β-amino-alcohol motifs (C(OH)–C–C–N with tert-alkyl or cyclic N) is 1. The van der Waals surface area contributed by atoms with Gasteiger partial charge in [-0.25, -0.2) is 0 Å². The van der Waals surface area contributed by atoms with Gasteiger partial charge in [-0.05, 0) is 12.8 Å². The molecule has 88 valence electrons. The Morgan fingerprint density at radius 1 is 1.62 bits per heavy atom. The monoisotopic (exact) mass is 224 g/mol. The van der Waals surface area contributed by atoms with Crippen LogP contribution in [0.15, 0.2) is 10.6 Å². The predicted octanol–water partition coefficient (Wildman–Crippen LogP) is 0.826. The fourth-order valence-corrected chi connectivity index (χ4v) is 1.75. The van der Waals surface area contributed by atoms with Crippen LogP contribution in [0.3, 0.4) is 0 Å². The molecule has 0 bridgehead atoms. The Hall–Kier alpha value is -1.36. The van der Waals surface area contributed by atoms with E-state index in [1.807, 2.05) is 13.8 Å². The summed E-state index contributed by atoms with van der Waals surface area (Å²) in [7, 11) is 0. The molecule has 5 heteroatoms. The maximum Gasteiger partial charge on any atom is 0.276 e. The zero-order valence-electron chi connectivity index (χ0n) is 9.73. The van der Waals surface area contributed by atoms with Crippen LogP contribution in [0.25, 0.3) is 0 Å². The summed E-state index contributed by atoms with van der Waals surface area (Å²) < 4.78 is 4.84. The summed E-state index contributed by atoms with van der Waals surface area (Å²) in [5.74, 6) is 0.584. The molecule has 1 aliphatic heterocycles. The van der Waals surface area contributed by atoms with Gasteiger partial charge >= 0.3 is 0 Å². The lowest BCUT2D eigenvalue weighted by atomic mass is 9.83. The molecule has 0 saturated carbocycles. The third-order valence-electron chi connectivity index (χ3n) is 3.14. The van der Waals surface area contributed by atoms with Gasteiger partial charge in [0.1, 0.15) is 11.4 Å². The average molecular weight is 224 g/mol. The van der Waals surface area contributed by atoms with Crippen molar-refractivity contribution in [3.63, 3.8) is 0 Å². The minimum Gasteiger partial charge on any atom is -0.386 e. The molecule has 0 unspecified atom stereocenters. The Labute approximate surface area is 94.0 Å². The second-order valence-electron chi connectivity index (χ2n) is 4.74. The maximum absolute atomic E-state index is 11.8. The number of aryl methyl sites for hydroxylation is 1. The highest BCUT2D eigenvalue weighted by Gasteiger charge is 2.46. The van der Waals surface area contributed by atoms with Crippen molar-refractivity contribution >= 4 is 5.91 Å². The number of hydrogen-bond acceptors (Lipinski definition) is 4. The van der Waals surface area contributed by atoms with Crippen LogP contribution in [-0.4, -0.2) is 39.8 Å². The van der Waals surface area contributed by atoms with Crippen LogP contribution in [0.5, 0.6) is 0 Å². The Balaban J connectivity index is 2.00. The fourth-order valence-electron chi connectivity index (χ4n) is 1.75. The minimum absolute atomic E-state index is 0.149. The van der Waals surface area contributed by atoms with Crippen LogP contribution >= 0.6 is 0 Å². The molecule has 0 aromatic carbocycles. The first kappa shape index (κ1) is 11.1. The first-order valence-electron chi connectivity index (χ1n) is 5.37. The highest BCUT2D eigenvalue weighted by atomic mass is 16.5. The number of amides is 1. The second kappa shape index (κ2) is 3.59. The van der Waals surface area contributed by atoms with Crippen molar-refractivity contribution in [1.29, 1.82) is 0 Å². The molecule has 1 aromatic heterocycles. The molecule has 0 spiro atoms. The lowest BCUT2D eigenvalue weighted by molar-refractivity contribution is -0.111. The minimum atomic E-state index is -0.742. The number of rotatable bonds is 2. The number of carbonyl (C=O) groups excluding carboxylic acids is 1. The van der Waals surface area contributed by atoms with E-state index in [2.05, 4.69) is 5.16 Å². The number of aliphatic hydroxyl groups is 1. The number of aromatic nitrogens is 1. The van der Waals surface area contributed by atoms with Gasteiger partial charge in [-0.1, -0.05) is 19.0 Å². The smallest absolute Gasteiger partial charge is 0.276 e. The van der Waals surface area contributed by atoms with Crippen molar-refractivity contribution in [3.05, 3.63) is 17.5 Å². The molecule has 0 atom stereocenters. The van der Waals surface area contributed by atoms with Crippen molar-refractivity contribution in [1.82, 2.24) is 10.1 Å². The van der Waals surface area contributed by atoms with Crippen molar-refractivity contribution < 1.29 is 14.4 Å². The summed E-state index contributed by atoms with van der Waals surface area (Å²) in [5, 5.41) is 13.7. The Morgan fingerprint density at radius 2 is 2.25 bits per heavy atom. The SMILES string of the molecule is Cc1cc(C(=O)N2CC(O)(C(C)C)C2)no1. The highest BCUT2D eigenvalue weighted by Crippen LogP contribution is 2.29. The van der Waals surface area contributed by atoms with Crippen LogP contribution in [0.1, 0.15) is 30.1 Å². The molecule has 1 fully saturated rings. The Bertz CT molecular complexity index is 405. The third kappa shape index (κ3) is 1.71. The molecule has 5 nitrogen and oxygen atoms in total. The van der Waals surface area contributed by atoms with E-state index >= 15 is 0 Å². The summed E-state index contributed by atoms with van der Waals surface area (Å²) >= 11 is 0. The number of carbonyl (C=O) groups is 1. The lowest BCUT2D eigenvalue weighted by Crippen LogP contribution is -2.66. The largest absolute Gasteiger partial charge is 0.386 e. The molecule has 1 aliphatic rings. The summed E-state index contributed by atoms with van der Waals surface area (Å²) in [6.45, 7) is 6.37. The van der Waals surface area contributed by atoms with Crippen molar-refractivity contribution in [2.45, 2.75) is 26.4 Å². The molecule has 0 radical (unpaired) electrons. The van der Waals surface area contributed by atoms with Crippen LogP contribution in [-0.2, 0) is 0 Å². The highest BCUT2D eigenvalue weighted by molar-refractivity contribution is 5.93. The van der Waals surface area contributed by atoms with E-state index in [4.69, 9.17) is 4.52 Å². The van der Waals surface area contributed by atoms with Gasteiger partial charge in [0.25, 0.3) is 5.91 Å². The number of nitrogens with zero attached hydrogens (tertiary/aromatic N) is 2. The van der Waals surface area contributed by atoms with Crippen LogP contribution in [0.4, 0.5) is 0 Å². The summed E-state index contributed by atoms with van der Waals surface area (Å²) in [6.07, 6.45) is 0. The summed E-state index contributed by atoms with van der Waals surface area (Å²) in [4.78, 5) is 13.4. The lowest BCUT2D eigenvalue weighted by Gasteiger charge is -2.48. The van der Waals surface area contributed by atoms with Gasteiger partial charge in [-0.15, -0.1) is 0 Å². The molecule has 16 heavy (non-hydrogen) atoms. The quantitative estimate of drug-likeness (QED) is 0.807. The van der Waals surface area contributed by atoms with E-state index < -0.39 is 5.60 Å². The van der Waals surface area contributed by atoms with E-state index in [-0.39, 0.29) is 11.8 Å². The molecule has 1 aromatic rings. The summed E-state index contributed by atoms with van der Waals surface area (Å²) in [5.41, 5.74) is -0.433. The van der Waals surface area contributed by atoms with Crippen molar-refractivity contribution in [3.8, 4) is 0 Å². The van der Waals surface area contributed by atoms with Crippen molar-refractivity contribution in [2.24, 2.45) is 5.92 Å². The van der Waals surface area contributed by atoms with Gasteiger partial charge in [0, 0.05) is 6.07 Å². The first-order chi connectivity index (χ1) is 7.42. The van der Waals surface area contributed by atoms with E-state index in [9.17, 15) is 9.90 Å². The number of hydrogen-bond donors (Lipinski definition) is 1. The van der Waals surface area contributed by atoms with Gasteiger partial charge in [0.05, 0.1) is 13.1 Å². The summed E-state index contributed by atoms with van der Waals surface area (Å²) in [6, 6.07) is 1.61. The topological polar surface area (TPSA) is 66.6 Å². The van der Waals surface area contributed by atoms with E-state index in [1.165, 1.54) is 0 Å². The molecule has 2 rings (SSSR count). The average Bonchev–Trinajstić information content (AvgIpc) is 2.58. The van der Waals surface area contributed by atoms with E-state index in [0.717, 1.165) is 0 Å². The molecule has 1 saturated heterocycles. The normalized spacial score (nSPS) is 18.7. The Morgan fingerprint density at radius 3 is 2.69 bits per heavy atom. The van der Waals surface area contributed by atoms with Gasteiger partial charge in [0.15, 0.2) is 5.69 Å². The Kier molecular flexibility index (Phi) is 2.50. The van der Waals surface area contributed by atoms with Crippen LogP contribution in [0.2, 0.25) is 0 Å². The predicted molar refractivity (Wildman–Crippen MR) is 56.9 cm³/mol. The zero-order chi connectivity index (χ0) is 11.9. The van der Waals surface area contributed by atoms with Gasteiger partial charge in [0.2, 0.25) is 0 Å². The van der Waals surface area contributed by atoms with E-state index in [1.54, 1.807) is 17.9 Å². The molecule has 0 aliphatic carbocycles. The third-order valence-corrected chi connectivity index (χ3v) is 3.14. The maximum atomic E-state index is 11.8. The van der Waals surface area contributed by atoms with Crippen LogP contribution < -0.4 is 0 Å². The van der Waals surface area contributed by atoms with Crippen LogP contribution in [0, 0.1) is 12.8 Å². The molecule has 1 N–H and O–H groups in total. The second-order valence-corrected chi connectivity index (χ2v) is 4.74. The van der Waals surface area contributed by atoms with Gasteiger partial charge < -0.3 is 14.5 Å². The fraction of sp³-hybridized carbons (Fsp3) is 0.636. The molecule has 2 heterocycles. The zero-order valence-corrected chi connectivity index (χ0v) is 9.73. The molecular weight excluding hydrogens is 208 g/mol. The standard InChI is InChI=1S/C11H16N2O3/c1-7(2)11(15)5-13(6-11)10(14)9-4-8(3)16-12-9/h4,7,15H,5-6H2,1-3H3. The number of likely N-dealkylation sites (tertiary alicyclic amines) is 1. The van der Waals surface area contributed by atoms with Gasteiger partial charge in [-0.3, -0.25) is 4.79 Å². The molecular formula is C11H16N2O3. The van der Waals surface area contributed by atoms with Crippen molar-refractivity contribution in [2.75, 3.05) is 13.1 Å².